The number of carbonyl (C=O) groups is 1. The Morgan fingerprint density at radius 3 is 2.81 bits per heavy atom. The van der Waals surface area contributed by atoms with E-state index >= 15 is 0 Å². The molecule has 2 rings (SSSR count). The van der Waals surface area contributed by atoms with Crippen molar-refractivity contribution in [2.45, 2.75) is 13.3 Å². The monoisotopic (exact) mass is 288 g/mol. The Morgan fingerprint density at radius 2 is 2.10 bits per heavy atom. The Labute approximate surface area is 122 Å². The molecule has 0 radical (unpaired) electrons. The summed E-state index contributed by atoms with van der Waals surface area (Å²) in [6.45, 7) is 2.97. The van der Waals surface area contributed by atoms with Crippen LogP contribution in [0, 0.1) is 12.7 Å². The van der Waals surface area contributed by atoms with Crippen LogP contribution >= 0.6 is 0 Å². The number of carbonyl (C=O) groups excluding carboxylic acids is 1. The second-order valence-corrected chi connectivity index (χ2v) is 4.59. The minimum Gasteiger partial charge on any atom is -0.385 e. The highest BCUT2D eigenvalue weighted by molar-refractivity contribution is 5.91. The number of rotatable bonds is 6. The van der Waals surface area contributed by atoms with Crippen LogP contribution in [-0.2, 0) is 0 Å². The number of aryl methyl sites for hydroxylation is 1. The molecule has 0 aliphatic rings. The SMILES string of the molecule is Cc1cnc(C(=O)NCCCNc2cccc(F)c2)cn1. The summed E-state index contributed by atoms with van der Waals surface area (Å²) >= 11 is 0. The van der Waals surface area contributed by atoms with Crippen molar-refractivity contribution in [2.24, 2.45) is 0 Å². The van der Waals surface area contributed by atoms with Crippen molar-refractivity contribution in [3.63, 3.8) is 0 Å². The second kappa shape index (κ2) is 7.33. The van der Waals surface area contributed by atoms with Crippen molar-refractivity contribution >= 4 is 11.6 Å². The molecule has 2 aromatic rings. The summed E-state index contributed by atoms with van der Waals surface area (Å²) < 4.78 is 13.0. The zero-order chi connectivity index (χ0) is 15.1. The van der Waals surface area contributed by atoms with Crippen molar-refractivity contribution in [3.8, 4) is 0 Å². The largest absolute Gasteiger partial charge is 0.385 e. The van der Waals surface area contributed by atoms with Crippen LogP contribution in [0.15, 0.2) is 36.7 Å². The molecule has 0 atom stereocenters. The van der Waals surface area contributed by atoms with E-state index in [1.165, 1.54) is 18.3 Å². The van der Waals surface area contributed by atoms with Gasteiger partial charge in [-0.15, -0.1) is 0 Å². The van der Waals surface area contributed by atoms with Gasteiger partial charge in [-0.3, -0.25) is 9.78 Å². The number of benzene rings is 1. The van der Waals surface area contributed by atoms with Gasteiger partial charge in [-0.25, -0.2) is 9.37 Å². The van der Waals surface area contributed by atoms with E-state index < -0.39 is 0 Å². The molecular weight excluding hydrogens is 271 g/mol. The number of hydrogen-bond donors (Lipinski definition) is 2. The van der Waals surface area contributed by atoms with E-state index in [0.717, 1.165) is 17.8 Å². The molecule has 0 fully saturated rings. The van der Waals surface area contributed by atoms with Crippen molar-refractivity contribution in [3.05, 3.63) is 53.9 Å². The minimum absolute atomic E-state index is 0.242. The highest BCUT2D eigenvalue weighted by atomic mass is 19.1. The number of anilines is 1. The lowest BCUT2D eigenvalue weighted by molar-refractivity contribution is 0.0948. The van der Waals surface area contributed by atoms with Gasteiger partial charge in [-0.2, -0.15) is 0 Å². The maximum Gasteiger partial charge on any atom is 0.271 e. The fourth-order valence-electron chi connectivity index (χ4n) is 1.72. The fraction of sp³-hybridized carbons (Fsp3) is 0.267. The van der Waals surface area contributed by atoms with Gasteiger partial charge in [-0.05, 0) is 31.5 Å². The maximum atomic E-state index is 13.0. The third-order valence-corrected chi connectivity index (χ3v) is 2.81. The Bertz CT molecular complexity index is 601. The van der Waals surface area contributed by atoms with Gasteiger partial charge in [0.2, 0.25) is 0 Å². The number of amides is 1. The van der Waals surface area contributed by atoms with Crippen LogP contribution in [0.25, 0.3) is 0 Å². The smallest absolute Gasteiger partial charge is 0.271 e. The molecule has 0 unspecified atom stereocenters. The van der Waals surface area contributed by atoms with Crippen LogP contribution in [0.1, 0.15) is 22.6 Å². The molecule has 0 saturated heterocycles. The molecule has 0 bridgehead atoms. The van der Waals surface area contributed by atoms with E-state index in [1.807, 2.05) is 6.92 Å². The predicted octanol–water partition coefficient (Wildman–Crippen LogP) is 2.16. The average Bonchev–Trinajstić information content (AvgIpc) is 2.47. The van der Waals surface area contributed by atoms with Gasteiger partial charge in [0.05, 0.1) is 11.9 Å². The Balaban J connectivity index is 1.68. The molecule has 1 aromatic heterocycles. The van der Waals surface area contributed by atoms with Gasteiger partial charge >= 0.3 is 0 Å². The average molecular weight is 288 g/mol. The lowest BCUT2D eigenvalue weighted by atomic mass is 10.3. The van der Waals surface area contributed by atoms with Gasteiger partial charge in [0.25, 0.3) is 5.91 Å². The Kier molecular flexibility index (Phi) is 5.20. The number of hydrogen-bond acceptors (Lipinski definition) is 4. The molecule has 21 heavy (non-hydrogen) atoms. The first kappa shape index (κ1) is 14.9. The summed E-state index contributed by atoms with van der Waals surface area (Å²) in [5.74, 6) is -0.514. The summed E-state index contributed by atoms with van der Waals surface area (Å²) in [7, 11) is 0. The molecule has 5 nitrogen and oxygen atoms in total. The lowest BCUT2D eigenvalue weighted by Gasteiger charge is -2.07. The quantitative estimate of drug-likeness (QED) is 0.799. The topological polar surface area (TPSA) is 66.9 Å². The second-order valence-electron chi connectivity index (χ2n) is 4.59. The lowest BCUT2D eigenvalue weighted by Crippen LogP contribution is -2.26. The zero-order valence-corrected chi connectivity index (χ0v) is 11.8. The van der Waals surface area contributed by atoms with Crippen molar-refractivity contribution < 1.29 is 9.18 Å². The van der Waals surface area contributed by atoms with Gasteiger partial charge in [0, 0.05) is 25.0 Å². The van der Waals surface area contributed by atoms with Gasteiger partial charge in [-0.1, -0.05) is 6.07 Å². The van der Waals surface area contributed by atoms with Crippen LogP contribution in [0.2, 0.25) is 0 Å². The normalized spacial score (nSPS) is 10.2. The maximum absolute atomic E-state index is 13.0. The standard InChI is InChI=1S/C15H17FN4O/c1-11-9-20-14(10-19-11)15(21)18-7-3-6-17-13-5-2-4-12(16)8-13/h2,4-5,8-10,17H,3,6-7H2,1H3,(H,18,21). The summed E-state index contributed by atoms with van der Waals surface area (Å²) in [6, 6.07) is 6.27. The number of halogens is 1. The van der Waals surface area contributed by atoms with E-state index in [4.69, 9.17) is 0 Å². The fourth-order valence-corrected chi connectivity index (χ4v) is 1.72. The number of aromatic nitrogens is 2. The molecule has 0 spiro atoms. The number of nitrogens with zero attached hydrogens (tertiary/aromatic N) is 2. The van der Waals surface area contributed by atoms with Crippen LogP contribution in [0.3, 0.4) is 0 Å². The first-order valence-electron chi connectivity index (χ1n) is 6.71. The summed E-state index contributed by atoms with van der Waals surface area (Å²) in [4.78, 5) is 19.8. The molecule has 110 valence electrons. The van der Waals surface area contributed by atoms with Gasteiger partial charge in [0.1, 0.15) is 11.5 Å². The zero-order valence-electron chi connectivity index (χ0n) is 11.8. The highest BCUT2D eigenvalue weighted by Gasteiger charge is 2.06. The van der Waals surface area contributed by atoms with Gasteiger partial charge in [0.15, 0.2) is 0 Å². The molecular formula is C15H17FN4O. The van der Waals surface area contributed by atoms with E-state index in [-0.39, 0.29) is 11.7 Å². The van der Waals surface area contributed by atoms with E-state index in [9.17, 15) is 9.18 Å². The molecule has 1 heterocycles. The van der Waals surface area contributed by atoms with Gasteiger partial charge < -0.3 is 10.6 Å². The Hall–Kier alpha value is -2.50. The van der Waals surface area contributed by atoms with Crippen LogP contribution in [0.5, 0.6) is 0 Å². The van der Waals surface area contributed by atoms with Crippen LogP contribution < -0.4 is 10.6 Å². The first-order valence-corrected chi connectivity index (χ1v) is 6.71. The molecule has 0 saturated carbocycles. The number of nitrogens with one attached hydrogen (secondary N) is 2. The first-order chi connectivity index (χ1) is 10.1. The van der Waals surface area contributed by atoms with Crippen molar-refractivity contribution in [2.75, 3.05) is 18.4 Å². The summed E-state index contributed by atoms with van der Waals surface area (Å²) in [5, 5.41) is 5.85. The highest BCUT2D eigenvalue weighted by Crippen LogP contribution is 2.08. The third kappa shape index (κ3) is 4.83. The summed E-state index contributed by atoms with van der Waals surface area (Å²) in [5.41, 5.74) is 1.80. The summed E-state index contributed by atoms with van der Waals surface area (Å²) in [6.07, 6.45) is 3.73. The molecule has 2 N–H and O–H groups in total. The predicted molar refractivity (Wildman–Crippen MR) is 78.6 cm³/mol. The minimum atomic E-state index is -0.272. The van der Waals surface area contributed by atoms with Crippen LogP contribution in [0.4, 0.5) is 10.1 Å². The van der Waals surface area contributed by atoms with Crippen LogP contribution in [-0.4, -0.2) is 29.0 Å². The molecule has 6 heteroatoms. The molecule has 1 amide bonds. The van der Waals surface area contributed by atoms with E-state index in [2.05, 4.69) is 20.6 Å². The molecule has 1 aromatic carbocycles. The van der Waals surface area contributed by atoms with E-state index in [1.54, 1.807) is 18.3 Å². The van der Waals surface area contributed by atoms with Crippen molar-refractivity contribution in [1.29, 1.82) is 0 Å². The van der Waals surface area contributed by atoms with E-state index in [0.29, 0.717) is 18.8 Å². The van der Waals surface area contributed by atoms with Crippen molar-refractivity contribution in [1.82, 2.24) is 15.3 Å². The molecule has 0 aliphatic carbocycles. The third-order valence-electron chi connectivity index (χ3n) is 2.81. The Morgan fingerprint density at radius 1 is 1.24 bits per heavy atom. The molecule has 0 aliphatic heterocycles.